The van der Waals surface area contributed by atoms with Crippen LogP contribution in [0.25, 0.3) is 5.69 Å². The normalized spacial score (nSPS) is 16.6. The van der Waals surface area contributed by atoms with Gasteiger partial charge in [0.05, 0.1) is 17.0 Å². The molecular weight excluding hydrogens is 279 g/mol. The second-order valence-electron chi connectivity index (χ2n) is 6.82. The van der Waals surface area contributed by atoms with E-state index in [0.717, 1.165) is 36.2 Å². The minimum Gasteiger partial charge on any atom is -0.294 e. The van der Waals surface area contributed by atoms with Crippen LogP contribution in [0.3, 0.4) is 0 Å². The van der Waals surface area contributed by atoms with Gasteiger partial charge in [-0.1, -0.05) is 39.3 Å². The van der Waals surface area contributed by atoms with Gasteiger partial charge in [-0.2, -0.15) is 5.10 Å². The standard InChI is InChI=1S/C18H21FN2O/c1-4-7-13-17-15(10-18(2,3)11-16(17)22)21(20-13)14-9-6-5-8-12(14)19/h5-6,8-9H,4,7,10-11H2,1-3H3. The predicted octanol–water partition coefficient (Wildman–Crippen LogP) is 4.12. The minimum absolute atomic E-state index is 0.114. The third kappa shape index (κ3) is 2.47. The second-order valence-corrected chi connectivity index (χ2v) is 6.82. The monoisotopic (exact) mass is 300 g/mol. The lowest BCUT2D eigenvalue weighted by molar-refractivity contribution is 0.0910. The molecule has 0 atom stereocenters. The number of aromatic nitrogens is 2. The molecule has 0 unspecified atom stereocenters. The van der Waals surface area contributed by atoms with E-state index in [1.165, 1.54) is 6.07 Å². The Morgan fingerprint density at radius 2 is 2.00 bits per heavy atom. The molecule has 22 heavy (non-hydrogen) atoms. The number of nitrogens with zero attached hydrogens (tertiary/aromatic N) is 2. The van der Waals surface area contributed by atoms with Crippen molar-refractivity contribution in [1.29, 1.82) is 0 Å². The maximum absolute atomic E-state index is 14.2. The van der Waals surface area contributed by atoms with E-state index in [-0.39, 0.29) is 17.0 Å². The van der Waals surface area contributed by atoms with Gasteiger partial charge in [-0.05, 0) is 30.4 Å². The first-order valence-corrected chi connectivity index (χ1v) is 7.82. The summed E-state index contributed by atoms with van der Waals surface area (Å²) in [4.78, 5) is 12.6. The average molecular weight is 300 g/mol. The topological polar surface area (TPSA) is 34.9 Å². The molecule has 1 aliphatic rings. The highest BCUT2D eigenvalue weighted by molar-refractivity contribution is 6.00. The van der Waals surface area contributed by atoms with Gasteiger partial charge in [-0.15, -0.1) is 0 Å². The van der Waals surface area contributed by atoms with Crippen LogP contribution in [0.15, 0.2) is 24.3 Å². The summed E-state index contributed by atoms with van der Waals surface area (Å²) in [5.74, 6) is -0.177. The van der Waals surface area contributed by atoms with Gasteiger partial charge < -0.3 is 0 Å². The van der Waals surface area contributed by atoms with Crippen molar-refractivity contribution in [1.82, 2.24) is 9.78 Å². The first-order chi connectivity index (χ1) is 10.4. The largest absolute Gasteiger partial charge is 0.294 e. The highest BCUT2D eigenvalue weighted by atomic mass is 19.1. The molecule has 0 fully saturated rings. The Balaban J connectivity index is 2.22. The Morgan fingerprint density at radius 1 is 1.27 bits per heavy atom. The zero-order valence-electron chi connectivity index (χ0n) is 13.3. The summed E-state index contributed by atoms with van der Waals surface area (Å²) in [5.41, 5.74) is 2.70. The fraction of sp³-hybridized carbons (Fsp3) is 0.444. The fourth-order valence-corrected chi connectivity index (χ4v) is 3.26. The van der Waals surface area contributed by atoms with Crippen molar-refractivity contribution in [3.63, 3.8) is 0 Å². The van der Waals surface area contributed by atoms with Crippen LogP contribution in [0, 0.1) is 11.2 Å². The molecule has 0 amide bonds. The number of hydrogen-bond donors (Lipinski definition) is 0. The molecule has 0 N–H and O–H groups in total. The molecule has 1 aliphatic carbocycles. The van der Waals surface area contributed by atoms with Gasteiger partial charge in [-0.3, -0.25) is 4.79 Å². The number of fused-ring (bicyclic) bond motifs is 1. The van der Waals surface area contributed by atoms with Gasteiger partial charge >= 0.3 is 0 Å². The third-order valence-electron chi connectivity index (χ3n) is 4.18. The molecule has 0 radical (unpaired) electrons. The molecule has 116 valence electrons. The Hall–Kier alpha value is -1.97. The molecule has 0 saturated heterocycles. The van der Waals surface area contributed by atoms with Crippen molar-refractivity contribution in [2.45, 2.75) is 46.5 Å². The molecule has 2 aromatic rings. The average Bonchev–Trinajstić information content (AvgIpc) is 2.77. The smallest absolute Gasteiger partial charge is 0.167 e. The zero-order chi connectivity index (χ0) is 15.9. The van der Waals surface area contributed by atoms with Crippen molar-refractivity contribution >= 4 is 5.78 Å². The van der Waals surface area contributed by atoms with E-state index in [1.807, 2.05) is 0 Å². The van der Waals surface area contributed by atoms with Crippen molar-refractivity contribution in [2.24, 2.45) is 5.41 Å². The van der Waals surface area contributed by atoms with Crippen LogP contribution in [0.5, 0.6) is 0 Å². The first kappa shape index (κ1) is 14.9. The van der Waals surface area contributed by atoms with Crippen LogP contribution in [-0.2, 0) is 12.8 Å². The summed E-state index contributed by atoms with van der Waals surface area (Å²) in [6.45, 7) is 6.21. The van der Waals surface area contributed by atoms with Gasteiger partial charge in [0.15, 0.2) is 5.78 Å². The van der Waals surface area contributed by atoms with E-state index in [1.54, 1.807) is 22.9 Å². The van der Waals surface area contributed by atoms with Crippen LogP contribution < -0.4 is 0 Å². The number of carbonyl (C=O) groups excluding carboxylic acids is 1. The number of halogens is 1. The maximum atomic E-state index is 14.2. The Labute approximate surface area is 130 Å². The lowest BCUT2D eigenvalue weighted by Crippen LogP contribution is -2.28. The molecule has 1 aromatic heterocycles. The molecule has 4 heteroatoms. The molecular formula is C18H21FN2O. The first-order valence-electron chi connectivity index (χ1n) is 7.82. The fourth-order valence-electron chi connectivity index (χ4n) is 3.26. The van der Waals surface area contributed by atoms with Gasteiger partial charge in [0, 0.05) is 6.42 Å². The number of aryl methyl sites for hydroxylation is 1. The van der Waals surface area contributed by atoms with Gasteiger partial charge in [-0.25, -0.2) is 9.07 Å². The number of para-hydroxylation sites is 1. The summed E-state index contributed by atoms with van der Waals surface area (Å²) in [5, 5.41) is 4.58. The number of carbonyl (C=O) groups is 1. The van der Waals surface area contributed by atoms with E-state index >= 15 is 0 Å². The second kappa shape index (κ2) is 5.34. The zero-order valence-corrected chi connectivity index (χ0v) is 13.3. The van der Waals surface area contributed by atoms with E-state index < -0.39 is 0 Å². The van der Waals surface area contributed by atoms with E-state index in [9.17, 15) is 9.18 Å². The van der Waals surface area contributed by atoms with Crippen LogP contribution >= 0.6 is 0 Å². The highest BCUT2D eigenvalue weighted by Gasteiger charge is 2.36. The lowest BCUT2D eigenvalue weighted by atomic mass is 9.75. The number of hydrogen-bond acceptors (Lipinski definition) is 2. The molecule has 0 aliphatic heterocycles. The number of benzene rings is 1. The molecule has 1 aromatic carbocycles. The highest BCUT2D eigenvalue weighted by Crippen LogP contribution is 2.37. The Kier molecular flexibility index (Phi) is 3.63. The number of rotatable bonds is 3. The molecule has 0 saturated carbocycles. The molecule has 0 bridgehead atoms. The van der Waals surface area contributed by atoms with Gasteiger partial charge in [0.1, 0.15) is 11.5 Å². The van der Waals surface area contributed by atoms with Crippen LogP contribution in [0.1, 0.15) is 55.4 Å². The van der Waals surface area contributed by atoms with Crippen LogP contribution in [-0.4, -0.2) is 15.6 Å². The summed E-state index contributed by atoms with van der Waals surface area (Å²) in [7, 11) is 0. The molecule has 3 nitrogen and oxygen atoms in total. The summed E-state index contributed by atoms with van der Waals surface area (Å²) >= 11 is 0. The van der Waals surface area contributed by atoms with Crippen molar-refractivity contribution < 1.29 is 9.18 Å². The molecule has 1 heterocycles. The van der Waals surface area contributed by atoms with Crippen LogP contribution in [0.2, 0.25) is 0 Å². The quantitative estimate of drug-likeness (QED) is 0.854. The lowest BCUT2D eigenvalue weighted by Gasteiger charge is -2.29. The maximum Gasteiger partial charge on any atom is 0.167 e. The Bertz CT molecular complexity index is 731. The van der Waals surface area contributed by atoms with E-state index in [2.05, 4.69) is 25.9 Å². The van der Waals surface area contributed by atoms with Crippen molar-refractivity contribution in [3.8, 4) is 5.69 Å². The molecule has 0 spiro atoms. The van der Waals surface area contributed by atoms with Crippen LogP contribution in [0.4, 0.5) is 4.39 Å². The van der Waals surface area contributed by atoms with Crippen molar-refractivity contribution in [3.05, 3.63) is 47.0 Å². The number of ketones is 1. The Morgan fingerprint density at radius 3 is 2.68 bits per heavy atom. The summed E-state index contributed by atoms with van der Waals surface area (Å²) in [6, 6.07) is 6.60. The van der Waals surface area contributed by atoms with Crippen molar-refractivity contribution in [2.75, 3.05) is 0 Å². The third-order valence-corrected chi connectivity index (χ3v) is 4.18. The summed E-state index contributed by atoms with van der Waals surface area (Å²) < 4.78 is 15.8. The van der Waals surface area contributed by atoms with Gasteiger partial charge in [0.2, 0.25) is 0 Å². The SMILES string of the molecule is CCCc1nn(-c2ccccc2F)c2c1C(=O)CC(C)(C)C2. The molecule has 3 rings (SSSR count). The summed E-state index contributed by atoms with van der Waals surface area (Å²) in [6.07, 6.45) is 2.92. The minimum atomic E-state index is -0.313. The van der Waals surface area contributed by atoms with E-state index in [4.69, 9.17) is 0 Å². The number of Topliss-reactive ketones (excluding diaryl/α,β-unsaturated/α-hetero) is 1. The predicted molar refractivity (Wildman–Crippen MR) is 83.9 cm³/mol. The van der Waals surface area contributed by atoms with E-state index in [0.29, 0.717) is 12.1 Å². The van der Waals surface area contributed by atoms with Gasteiger partial charge in [0.25, 0.3) is 0 Å².